The number of hydrogen-bond donors (Lipinski definition) is 1. The minimum Gasteiger partial charge on any atom is -0.369 e. The van der Waals surface area contributed by atoms with Gasteiger partial charge in [-0.3, -0.25) is 0 Å². The highest BCUT2D eigenvalue weighted by molar-refractivity contribution is 9.10. The molecule has 0 heterocycles. The van der Waals surface area contributed by atoms with E-state index in [-0.39, 0.29) is 0 Å². The Hall–Kier alpha value is -1.03. The van der Waals surface area contributed by atoms with E-state index in [1.54, 1.807) is 0 Å². The number of nitrogens with two attached hydrogens (primary N) is 1. The van der Waals surface area contributed by atoms with E-state index in [2.05, 4.69) is 26.9 Å². The molecule has 0 atom stereocenters. The molecular weight excluding hydrogens is 324 g/mol. The molecule has 0 aliphatic heterocycles. The lowest BCUT2D eigenvalue weighted by molar-refractivity contribution is 0.900. The molecule has 0 saturated heterocycles. The second kappa shape index (κ2) is 6.42. The number of nitrogens with zero attached hydrogens (tertiary/aromatic N) is 1. The van der Waals surface area contributed by atoms with Crippen molar-refractivity contribution in [1.29, 1.82) is 0 Å². The van der Waals surface area contributed by atoms with Crippen LogP contribution in [0.25, 0.3) is 0 Å². The second-order valence-electron chi connectivity index (χ2n) is 4.40. The molecule has 2 N–H and O–H groups in total. The zero-order chi connectivity index (χ0) is 13.8. The standard InChI is InChI=1S/C15H16BrClN2/c1-19(10-12-5-2-3-7-13(12)16)15-11(9-18)6-4-8-14(15)17/h2-8H,9-10,18H2,1H3. The molecule has 2 rings (SSSR count). The molecule has 0 aliphatic rings. The van der Waals surface area contributed by atoms with Crippen LogP contribution in [0.15, 0.2) is 46.9 Å². The first-order valence-corrected chi connectivity index (χ1v) is 7.22. The topological polar surface area (TPSA) is 29.3 Å². The zero-order valence-electron chi connectivity index (χ0n) is 10.7. The Bertz CT molecular complexity index is 572. The van der Waals surface area contributed by atoms with Crippen molar-refractivity contribution >= 4 is 33.2 Å². The van der Waals surface area contributed by atoms with Crippen LogP contribution in [-0.2, 0) is 13.1 Å². The van der Waals surface area contributed by atoms with Crippen molar-refractivity contribution in [3.63, 3.8) is 0 Å². The monoisotopic (exact) mass is 338 g/mol. The van der Waals surface area contributed by atoms with Gasteiger partial charge in [0.15, 0.2) is 0 Å². The molecule has 2 nitrogen and oxygen atoms in total. The van der Waals surface area contributed by atoms with Crippen molar-refractivity contribution in [3.8, 4) is 0 Å². The lowest BCUT2D eigenvalue weighted by Gasteiger charge is -2.24. The van der Waals surface area contributed by atoms with E-state index in [0.29, 0.717) is 6.54 Å². The highest BCUT2D eigenvalue weighted by atomic mass is 79.9. The highest BCUT2D eigenvalue weighted by Crippen LogP contribution is 2.30. The molecule has 0 saturated carbocycles. The van der Waals surface area contributed by atoms with Crippen molar-refractivity contribution in [3.05, 3.63) is 63.1 Å². The van der Waals surface area contributed by atoms with Crippen LogP contribution in [0.3, 0.4) is 0 Å². The van der Waals surface area contributed by atoms with Crippen molar-refractivity contribution < 1.29 is 0 Å². The van der Waals surface area contributed by atoms with E-state index in [1.807, 2.05) is 43.4 Å². The van der Waals surface area contributed by atoms with Crippen LogP contribution in [0.4, 0.5) is 5.69 Å². The Morgan fingerprint density at radius 1 is 1.11 bits per heavy atom. The van der Waals surface area contributed by atoms with Gasteiger partial charge in [-0.05, 0) is 23.3 Å². The third-order valence-electron chi connectivity index (χ3n) is 3.04. The Morgan fingerprint density at radius 2 is 1.79 bits per heavy atom. The summed E-state index contributed by atoms with van der Waals surface area (Å²) >= 11 is 9.87. The van der Waals surface area contributed by atoms with Crippen molar-refractivity contribution in [2.45, 2.75) is 13.1 Å². The zero-order valence-corrected chi connectivity index (χ0v) is 13.1. The molecule has 2 aromatic rings. The molecule has 2 aromatic carbocycles. The van der Waals surface area contributed by atoms with Gasteiger partial charge in [0, 0.05) is 24.6 Å². The van der Waals surface area contributed by atoms with Crippen LogP contribution in [0.1, 0.15) is 11.1 Å². The van der Waals surface area contributed by atoms with Crippen LogP contribution in [0.5, 0.6) is 0 Å². The first-order valence-electron chi connectivity index (χ1n) is 6.05. The second-order valence-corrected chi connectivity index (χ2v) is 5.66. The number of halogens is 2. The number of anilines is 1. The van der Waals surface area contributed by atoms with Gasteiger partial charge in [-0.1, -0.05) is 57.9 Å². The number of para-hydroxylation sites is 1. The fourth-order valence-electron chi connectivity index (χ4n) is 2.11. The minimum atomic E-state index is 0.482. The molecule has 0 amide bonds. The summed E-state index contributed by atoms with van der Waals surface area (Å²) in [4.78, 5) is 2.13. The van der Waals surface area contributed by atoms with Gasteiger partial charge in [-0.25, -0.2) is 0 Å². The summed E-state index contributed by atoms with van der Waals surface area (Å²) in [5.74, 6) is 0. The van der Waals surface area contributed by atoms with Gasteiger partial charge in [0.2, 0.25) is 0 Å². The molecule has 0 aromatic heterocycles. The fraction of sp³-hybridized carbons (Fsp3) is 0.200. The largest absolute Gasteiger partial charge is 0.369 e. The van der Waals surface area contributed by atoms with Crippen molar-refractivity contribution in [2.24, 2.45) is 5.73 Å². The first-order chi connectivity index (χ1) is 9.13. The van der Waals surface area contributed by atoms with Gasteiger partial charge >= 0.3 is 0 Å². The van der Waals surface area contributed by atoms with E-state index in [4.69, 9.17) is 17.3 Å². The number of benzene rings is 2. The lowest BCUT2D eigenvalue weighted by Crippen LogP contribution is -2.19. The summed E-state index contributed by atoms with van der Waals surface area (Å²) in [7, 11) is 2.03. The minimum absolute atomic E-state index is 0.482. The van der Waals surface area contributed by atoms with Gasteiger partial charge in [0.25, 0.3) is 0 Å². The summed E-state index contributed by atoms with van der Waals surface area (Å²) < 4.78 is 1.10. The Labute approximate surface area is 127 Å². The van der Waals surface area contributed by atoms with E-state index in [9.17, 15) is 0 Å². The molecule has 19 heavy (non-hydrogen) atoms. The van der Waals surface area contributed by atoms with Gasteiger partial charge in [-0.15, -0.1) is 0 Å². The molecular formula is C15H16BrClN2. The Morgan fingerprint density at radius 3 is 2.47 bits per heavy atom. The normalized spacial score (nSPS) is 10.5. The summed E-state index contributed by atoms with van der Waals surface area (Å²) in [5, 5.41) is 0.734. The van der Waals surface area contributed by atoms with Crippen LogP contribution < -0.4 is 10.6 Å². The average molecular weight is 340 g/mol. The smallest absolute Gasteiger partial charge is 0.0642 e. The maximum Gasteiger partial charge on any atom is 0.0642 e. The van der Waals surface area contributed by atoms with Gasteiger partial charge in [-0.2, -0.15) is 0 Å². The molecule has 0 spiro atoms. The van der Waals surface area contributed by atoms with Gasteiger partial charge in [0.1, 0.15) is 0 Å². The molecule has 100 valence electrons. The maximum atomic E-state index is 6.30. The third kappa shape index (κ3) is 3.30. The number of rotatable bonds is 4. The Balaban J connectivity index is 2.30. The summed E-state index contributed by atoms with van der Waals surface area (Å²) in [6, 6.07) is 14.0. The quantitative estimate of drug-likeness (QED) is 0.904. The van der Waals surface area contributed by atoms with E-state index in [0.717, 1.165) is 27.3 Å². The first kappa shape index (κ1) is 14.4. The van der Waals surface area contributed by atoms with E-state index in [1.165, 1.54) is 5.56 Å². The molecule has 0 aliphatic carbocycles. The predicted octanol–water partition coefficient (Wildman–Crippen LogP) is 4.20. The van der Waals surface area contributed by atoms with Crippen molar-refractivity contribution in [2.75, 3.05) is 11.9 Å². The average Bonchev–Trinajstić information content (AvgIpc) is 2.40. The van der Waals surface area contributed by atoms with Gasteiger partial charge in [0.05, 0.1) is 10.7 Å². The maximum absolute atomic E-state index is 6.30. The lowest BCUT2D eigenvalue weighted by atomic mass is 10.1. The highest BCUT2D eigenvalue weighted by Gasteiger charge is 2.12. The van der Waals surface area contributed by atoms with E-state index < -0.39 is 0 Å². The Kier molecular flexibility index (Phi) is 4.86. The third-order valence-corrected chi connectivity index (χ3v) is 4.12. The fourth-order valence-corrected chi connectivity index (χ4v) is 2.86. The van der Waals surface area contributed by atoms with Gasteiger partial charge < -0.3 is 10.6 Å². The van der Waals surface area contributed by atoms with Crippen LogP contribution in [-0.4, -0.2) is 7.05 Å². The summed E-state index contributed by atoms with van der Waals surface area (Å²) in [6.07, 6.45) is 0. The van der Waals surface area contributed by atoms with Crippen LogP contribution >= 0.6 is 27.5 Å². The van der Waals surface area contributed by atoms with Crippen LogP contribution in [0, 0.1) is 0 Å². The van der Waals surface area contributed by atoms with Crippen molar-refractivity contribution in [1.82, 2.24) is 0 Å². The van der Waals surface area contributed by atoms with Crippen LogP contribution in [0.2, 0.25) is 5.02 Å². The van der Waals surface area contributed by atoms with E-state index >= 15 is 0 Å². The SMILES string of the molecule is CN(Cc1ccccc1Br)c1c(Cl)cccc1CN. The molecule has 0 radical (unpaired) electrons. The summed E-state index contributed by atoms with van der Waals surface area (Å²) in [6.45, 7) is 1.26. The number of hydrogen-bond acceptors (Lipinski definition) is 2. The molecule has 0 unspecified atom stereocenters. The molecule has 4 heteroatoms. The predicted molar refractivity (Wildman–Crippen MR) is 85.6 cm³/mol. The molecule has 0 bridgehead atoms. The molecule has 0 fully saturated rings. The summed E-state index contributed by atoms with van der Waals surface area (Å²) in [5.41, 5.74) is 9.06.